The van der Waals surface area contributed by atoms with Gasteiger partial charge in [0.1, 0.15) is 0 Å². The van der Waals surface area contributed by atoms with Crippen LogP contribution in [0.25, 0.3) is 10.2 Å². The van der Waals surface area contributed by atoms with Crippen LogP contribution in [0.4, 0.5) is 5.69 Å². The van der Waals surface area contributed by atoms with Crippen molar-refractivity contribution in [1.29, 1.82) is 0 Å². The SMILES string of the molecule is CC(C)(C)c1nc2ccc(N3CCNCC3)cc2s1. The summed E-state index contributed by atoms with van der Waals surface area (Å²) in [5, 5.41) is 4.62. The average Bonchev–Trinajstić information content (AvgIpc) is 2.82. The molecule has 1 aliphatic heterocycles. The van der Waals surface area contributed by atoms with Crippen molar-refractivity contribution in [2.75, 3.05) is 31.1 Å². The lowest BCUT2D eigenvalue weighted by Crippen LogP contribution is -2.43. The first-order valence-electron chi connectivity index (χ1n) is 6.91. The van der Waals surface area contributed by atoms with Crippen LogP contribution >= 0.6 is 11.3 Å². The average molecular weight is 275 g/mol. The molecule has 1 aliphatic rings. The molecule has 0 radical (unpaired) electrons. The Hall–Kier alpha value is -1.13. The Morgan fingerprint density at radius 2 is 1.95 bits per heavy atom. The van der Waals surface area contributed by atoms with Gasteiger partial charge < -0.3 is 10.2 Å². The van der Waals surface area contributed by atoms with E-state index in [1.54, 1.807) is 0 Å². The highest BCUT2D eigenvalue weighted by molar-refractivity contribution is 7.18. The lowest BCUT2D eigenvalue weighted by atomic mass is 9.98. The van der Waals surface area contributed by atoms with Crippen molar-refractivity contribution in [3.8, 4) is 0 Å². The van der Waals surface area contributed by atoms with Crippen LogP contribution in [0.3, 0.4) is 0 Å². The van der Waals surface area contributed by atoms with Gasteiger partial charge in [0.25, 0.3) is 0 Å². The van der Waals surface area contributed by atoms with Gasteiger partial charge in [-0.3, -0.25) is 0 Å². The van der Waals surface area contributed by atoms with Gasteiger partial charge in [-0.15, -0.1) is 11.3 Å². The molecule has 0 saturated carbocycles. The second-order valence-electron chi connectivity index (χ2n) is 6.16. The van der Waals surface area contributed by atoms with Gasteiger partial charge in [-0.25, -0.2) is 4.98 Å². The zero-order valence-corrected chi connectivity index (χ0v) is 12.7. The van der Waals surface area contributed by atoms with Crippen LogP contribution in [0.5, 0.6) is 0 Å². The van der Waals surface area contributed by atoms with Crippen molar-refractivity contribution in [2.45, 2.75) is 26.2 Å². The monoisotopic (exact) mass is 275 g/mol. The quantitative estimate of drug-likeness (QED) is 0.867. The highest BCUT2D eigenvalue weighted by Crippen LogP contribution is 2.33. The molecule has 102 valence electrons. The van der Waals surface area contributed by atoms with E-state index < -0.39 is 0 Å². The molecule has 1 fully saturated rings. The number of benzene rings is 1. The predicted octanol–water partition coefficient (Wildman–Crippen LogP) is 3.00. The summed E-state index contributed by atoms with van der Waals surface area (Å²) in [6.45, 7) is 11.0. The van der Waals surface area contributed by atoms with Gasteiger partial charge in [-0.05, 0) is 18.2 Å². The van der Waals surface area contributed by atoms with Crippen LogP contribution in [-0.2, 0) is 5.41 Å². The number of hydrogen-bond acceptors (Lipinski definition) is 4. The smallest absolute Gasteiger partial charge is 0.0992 e. The molecule has 4 heteroatoms. The Balaban J connectivity index is 1.96. The van der Waals surface area contributed by atoms with E-state index in [2.05, 4.69) is 49.2 Å². The van der Waals surface area contributed by atoms with E-state index in [4.69, 9.17) is 4.98 Å². The van der Waals surface area contributed by atoms with E-state index in [1.165, 1.54) is 15.4 Å². The van der Waals surface area contributed by atoms with Crippen molar-refractivity contribution in [3.05, 3.63) is 23.2 Å². The summed E-state index contributed by atoms with van der Waals surface area (Å²) in [6, 6.07) is 6.67. The van der Waals surface area contributed by atoms with Crippen molar-refractivity contribution in [2.24, 2.45) is 0 Å². The maximum absolute atomic E-state index is 4.76. The molecule has 19 heavy (non-hydrogen) atoms. The third kappa shape index (κ3) is 2.60. The van der Waals surface area contributed by atoms with E-state index in [0.29, 0.717) is 0 Å². The number of aromatic nitrogens is 1. The Morgan fingerprint density at radius 1 is 1.21 bits per heavy atom. The summed E-state index contributed by atoms with van der Waals surface area (Å²) >= 11 is 1.83. The molecule has 0 spiro atoms. The summed E-state index contributed by atoms with van der Waals surface area (Å²) in [4.78, 5) is 7.21. The van der Waals surface area contributed by atoms with Crippen molar-refractivity contribution >= 4 is 27.2 Å². The van der Waals surface area contributed by atoms with E-state index in [0.717, 1.165) is 31.7 Å². The van der Waals surface area contributed by atoms with Crippen LogP contribution in [0.1, 0.15) is 25.8 Å². The highest BCUT2D eigenvalue weighted by Gasteiger charge is 2.19. The first-order chi connectivity index (χ1) is 9.04. The third-order valence-corrected chi connectivity index (χ3v) is 4.94. The standard InChI is InChI=1S/C15H21N3S/c1-15(2,3)14-17-12-5-4-11(10-13(12)19-14)18-8-6-16-7-9-18/h4-5,10,16H,6-9H2,1-3H3. The number of fused-ring (bicyclic) bond motifs is 1. The summed E-state index contributed by atoms with van der Waals surface area (Å²) in [5.74, 6) is 0. The third-order valence-electron chi connectivity index (χ3n) is 3.50. The van der Waals surface area contributed by atoms with Crippen LogP contribution in [0.15, 0.2) is 18.2 Å². The number of rotatable bonds is 1. The molecule has 2 aromatic rings. The van der Waals surface area contributed by atoms with Crippen LogP contribution in [0, 0.1) is 0 Å². The summed E-state index contributed by atoms with van der Waals surface area (Å²) in [5.41, 5.74) is 2.60. The highest BCUT2D eigenvalue weighted by atomic mass is 32.1. The molecule has 1 aromatic carbocycles. The van der Waals surface area contributed by atoms with Gasteiger partial charge >= 0.3 is 0 Å². The zero-order chi connectivity index (χ0) is 13.5. The molecule has 0 bridgehead atoms. The fourth-order valence-corrected chi connectivity index (χ4v) is 3.41. The lowest BCUT2D eigenvalue weighted by Gasteiger charge is -2.29. The number of nitrogens with one attached hydrogen (secondary N) is 1. The lowest BCUT2D eigenvalue weighted by molar-refractivity contribution is 0.587. The molecule has 0 amide bonds. The van der Waals surface area contributed by atoms with Gasteiger partial charge in [0.15, 0.2) is 0 Å². The van der Waals surface area contributed by atoms with Crippen LogP contribution < -0.4 is 10.2 Å². The molecule has 2 heterocycles. The molecule has 0 atom stereocenters. The normalized spacial score (nSPS) is 17.1. The molecule has 3 nitrogen and oxygen atoms in total. The Labute approximate surface area is 118 Å². The first kappa shape index (κ1) is 12.9. The topological polar surface area (TPSA) is 28.2 Å². The Morgan fingerprint density at radius 3 is 2.63 bits per heavy atom. The largest absolute Gasteiger partial charge is 0.369 e. The molecular formula is C15H21N3S. The van der Waals surface area contributed by atoms with Gasteiger partial charge in [0, 0.05) is 37.3 Å². The molecular weight excluding hydrogens is 254 g/mol. The van der Waals surface area contributed by atoms with E-state index >= 15 is 0 Å². The number of nitrogens with zero attached hydrogens (tertiary/aromatic N) is 2. The van der Waals surface area contributed by atoms with Crippen molar-refractivity contribution in [1.82, 2.24) is 10.3 Å². The van der Waals surface area contributed by atoms with Crippen molar-refractivity contribution in [3.63, 3.8) is 0 Å². The predicted molar refractivity (Wildman–Crippen MR) is 83.4 cm³/mol. The van der Waals surface area contributed by atoms with E-state index in [-0.39, 0.29) is 5.41 Å². The molecule has 1 aromatic heterocycles. The zero-order valence-electron chi connectivity index (χ0n) is 11.9. The molecule has 3 rings (SSSR count). The molecule has 0 aliphatic carbocycles. The van der Waals surface area contributed by atoms with Gasteiger partial charge in [-0.1, -0.05) is 20.8 Å². The minimum Gasteiger partial charge on any atom is -0.369 e. The molecule has 0 unspecified atom stereocenters. The second kappa shape index (κ2) is 4.76. The fourth-order valence-electron chi connectivity index (χ4n) is 2.35. The molecule has 1 saturated heterocycles. The minimum absolute atomic E-state index is 0.138. The summed E-state index contributed by atoms with van der Waals surface area (Å²) in [7, 11) is 0. The van der Waals surface area contributed by atoms with Gasteiger partial charge in [0.2, 0.25) is 0 Å². The van der Waals surface area contributed by atoms with Gasteiger partial charge in [-0.2, -0.15) is 0 Å². The Bertz CT molecular complexity index is 577. The molecule has 1 N–H and O–H groups in total. The second-order valence-corrected chi connectivity index (χ2v) is 7.19. The van der Waals surface area contributed by atoms with Crippen LogP contribution in [-0.4, -0.2) is 31.2 Å². The summed E-state index contributed by atoms with van der Waals surface area (Å²) in [6.07, 6.45) is 0. The summed E-state index contributed by atoms with van der Waals surface area (Å²) < 4.78 is 1.31. The van der Waals surface area contributed by atoms with Crippen molar-refractivity contribution < 1.29 is 0 Å². The maximum Gasteiger partial charge on any atom is 0.0992 e. The minimum atomic E-state index is 0.138. The van der Waals surface area contributed by atoms with E-state index in [1.807, 2.05) is 11.3 Å². The number of piperazine rings is 1. The number of hydrogen-bond donors (Lipinski definition) is 1. The number of anilines is 1. The fraction of sp³-hybridized carbons (Fsp3) is 0.533. The van der Waals surface area contributed by atoms with Gasteiger partial charge in [0.05, 0.1) is 15.2 Å². The maximum atomic E-state index is 4.76. The first-order valence-corrected chi connectivity index (χ1v) is 7.72. The van der Waals surface area contributed by atoms with Crippen LogP contribution in [0.2, 0.25) is 0 Å². The Kier molecular flexibility index (Phi) is 3.23. The number of thiazole rings is 1. The van der Waals surface area contributed by atoms with E-state index in [9.17, 15) is 0 Å².